The van der Waals surface area contributed by atoms with Gasteiger partial charge in [-0.25, -0.2) is 0 Å². The second-order valence-electron chi connectivity index (χ2n) is 4.09. The van der Waals surface area contributed by atoms with Crippen molar-refractivity contribution in [2.75, 3.05) is 0 Å². The highest BCUT2D eigenvalue weighted by molar-refractivity contribution is 5.87. The third-order valence-electron chi connectivity index (χ3n) is 2.83. The molecule has 0 radical (unpaired) electrons. The second kappa shape index (κ2) is 4.34. The molecule has 1 aliphatic heterocycles. The molecule has 1 aliphatic rings. The van der Waals surface area contributed by atoms with Crippen LogP contribution in [0.4, 0.5) is 11.4 Å². The molecule has 0 bridgehead atoms. The highest BCUT2D eigenvalue weighted by atomic mass is 16.9. The van der Waals surface area contributed by atoms with Gasteiger partial charge in [0.2, 0.25) is 6.34 Å². The second-order valence-corrected chi connectivity index (χ2v) is 4.09. The van der Waals surface area contributed by atoms with Crippen LogP contribution in [0.1, 0.15) is 5.56 Å². The van der Waals surface area contributed by atoms with E-state index in [1.807, 2.05) is 42.5 Å². The van der Waals surface area contributed by atoms with Gasteiger partial charge in [0, 0.05) is 6.07 Å². The summed E-state index contributed by atoms with van der Waals surface area (Å²) in [5.41, 5.74) is 2.15. The molecule has 3 rings (SSSR count). The summed E-state index contributed by atoms with van der Waals surface area (Å²) in [6.07, 6.45) is 1.27. The van der Waals surface area contributed by atoms with Crippen molar-refractivity contribution in [1.82, 2.24) is 4.81 Å². The van der Waals surface area contributed by atoms with Gasteiger partial charge in [-0.15, -0.1) is 4.81 Å². The average Bonchev–Trinajstić information content (AvgIpc) is 2.77. The highest BCUT2D eigenvalue weighted by Crippen LogP contribution is 2.37. The summed E-state index contributed by atoms with van der Waals surface area (Å²) < 4.78 is 0. The zero-order chi connectivity index (χ0) is 12.4. The summed E-state index contributed by atoms with van der Waals surface area (Å²) in [6, 6.07) is 16.8. The van der Waals surface area contributed by atoms with Crippen LogP contribution >= 0.6 is 0 Å². The van der Waals surface area contributed by atoms with Crippen LogP contribution in [0.15, 0.2) is 59.6 Å². The highest BCUT2D eigenvalue weighted by Gasteiger charge is 2.29. The van der Waals surface area contributed by atoms with E-state index in [0.717, 1.165) is 5.56 Å². The van der Waals surface area contributed by atoms with Gasteiger partial charge < -0.3 is 5.21 Å². The monoisotopic (exact) mass is 240 g/mol. The van der Waals surface area contributed by atoms with Gasteiger partial charge in [-0.1, -0.05) is 42.5 Å². The number of hydrogen-bond donors (Lipinski definition) is 0. The molecule has 0 N–H and O–H groups in total. The Bertz CT molecular complexity index is 583. The van der Waals surface area contributed by atoms with Crippen LogP contribution in [-0.4, -0.2) is 6.34 Å². The molecule has 4 nitrogen and oxygen atoms in total. The Labute approximate surface area is 105 Å². The van der Waals surface area contributed by atoms with Gasteiger partial charge in [0.1, 0.15) is 12.3 Å². The largest absolute Gasteiger partial charge is 0.587 e. The van der Waals surface area contributed by atoms with Gasteiger partial charge in [-0.05, 0) is 11.6 Å². The minimum atomic E-state index is -0.953. The molecule has 0 saturated carbocycles. The summed E-state index contributed by atoms with van der Waals surface area (Å²) >= 11 is 0. The SMILES string of the molecule is [O-][N+]1(OCc2ccccc2)C=Nc2ccccc21. The molecule has 1 atom stereocenters. The average molecular weight is 240 g/mol. The van der Waals surface area contributed by atoms with E-state index in [1.165, 1.54) is 6.34 Å². The number of benzene rings is 2. The molecule has 1 unspecified atom stereocenters. The topological polar surface area (TPSA) is 44.6 Å². The molecule has 1 heterocycles. The molecule has 0 aromatic heterocycles. The zero-order valence-corrected chi connectivity index (χ0v) is 9.69. The summed E-state index contributed by atoms with van der Waals surface area (Å²) in [5.74, 6) is 0. The minimum Gasteiger partial charge on any atom is -0.587 e. The maximum atomic E-state index is 12.5. The van der Waals surface area contributed by atoms with Crippen LogP contribution < -0.4 is 4.81 Å². The Kier molecular flexibility index (Phi) is 2.68. The maximum absolute atomic E-state index is 12.5. The first kappa shape index (κ1) is 11.1. The van der Waals surface area contributed by atoms with Gasteiger partial charge in [0.25, 0.3) is 0 Å². The van der Waals surface area contributed by atoms with Crippen LogP contribution in [0.25, 0.3) is 0 Å². The van der Waals surface area contributed by atoms with Crippen molar-refractivity contribution >= 4 is 17.7 Å². The molecule has 2 aromatic carbocycles. The summed E-state index contributed by atoms with van der Waals surface area (Å²) in [6.45, 7) is 0.255. The number of quaternary nitrogens is 1. The number of aliphatic imine (C=N–C) groups is 1. The fraction of sp³-hybridized carbons (Fsp3) is 0.0714. The minimum absolute atomic E-state index is 0.255. The van der Waals surface area contributed by atoms with Crippen molar-refractivity contribution in [3.05, 3.63) is 65.4 Å². The summed E-state index contributed by atoms with van der Waals surface area (Å²) in [4.78, 5) is 8.56. The molecule has 0 spiro atoms. The quantitative estimate of drug-likeness (QED) is 0.610. The maximum Gasteiger partial charge on any atom is 0.229 e. The van der Waals surface area contributed by atoms with Gasteiger partial charge in [-0.2, -0.15) is 9.83 Å². The van der Waals surface area contributed by atoms with Crippen molar-refractivity contribution in [2.45, 2.75) is 6.61 Å². The van der Waals surface area contributed by atoms with E-state index in [9.17, 15) is 5.21 Å². The fourth-order valence-electron chi connectivity index (χ4n) is 1.88. The van der Waals surface area contributed by atoms with Gasteiger partial charge in [-0.3, -0.25) is 0 Å². The van der Waals surface area contributed by atoms with Crippen LogP contribution in [0.2, 0.25) is 0 Å². The van der Waals surface area contributed by atoms with Gasteiger partial charge in [0.05, 0.1) is 0 Å². The van der Waals surface area contributed by atoms with Crippen LogP contribution in [0, 0.1) is 5.21 Å². The molecule has 0 aliphatic carbocycles. The van der Waals surface area contributed by atoms with E-state index in [0.29, 0.717) is 11.4 Å². The number of nitrogens with zero attached hydrogens (tertiary/aromatic N) is 2. The number of fused-ring (bicyclic) bond motifs is 1. The Morgan fingerprint density at radius 2 is 1.72 bits per heavy atom. The third kappa shape index (κ3) is 1.93. The molecule has 0 saturated heterocycles. The smallest absolute Gasteiger partial charge is 0.229 e. The number of para-hydroxylation sites is 2. The number of rotatable bonds is 3. The van der Waals surface area contributed by atoms with Gasteiger partial charge in [0.15, 0.2) is 5.69 Å². The van der Waals surface area contributed by atoms with Crippen molar-refractivity contribution in [1.29, 1.82) is 0 Å². The summed E-state index contributed by atoms with van der Waals surface area (Å²) in [5, 5.41) is 12.5. The van der Waals surface area contributed by atoms with Gasteiger partial charge >= 0.3 is 0 Å². The lowest BCUT2D eigenvalue weighted by Gasteiger charge is -2.30. The standard InChI is InChI=1S/C14H12N2O2/c17-16(18-10-12-6-2-1-3-7-12)11-15-13-8-4-5-9-14(13)16/h1-9,11H,10H2. The molecular weight excluding hydrogens is 228 g/mol. The predicted octanol–water partition coefficient (Wildman–Crippen LogP) is 3.30. The first-order valence-electron chi connectivity index (χ1n) is 5.71. The number of hydroxylamine groups is 2. The van der Waals surface area contributed by atoms with Crippen molar-refractivity contribution in [2.24, 2.45) is 4.99 Å². The van der Waals surface area contributed by atoms with E-state index < -0.39 is 4.81 Å². The molecule has 90 valence electrons. The van der Waals surface area contributed by atoms with Crippen LogP contribution in [-0.2, 0) is 11.4 Å². The molecular formula is C14H12N2O2. The van der Waals surface area contributed by atoms with E-state index in [-0.39, 0.29) is 6.61 Å². The van der Waals surface area contributed by atoms with Crippen molar-refractivity contribution < 1.29 is 4.84 Å². The molecule has 4 heteroatoms. The summed E-state index contributed by atoms with van der Waals surface area (Å²) in [7, 11) is 0. The molecule has 0 amide bonds. The van der Waals surface area contributed by atoms with Crippen LogP contribution in [0.3, 0.4) is 0 Å². The first-order chi connectivity index (χ1) is 8.78. The van der Waals surface area contributed by atoms with Crippen molar-refractivity contribution in [3.8, 4) is 0 Å². The van der Waals surface area contributed by atoms with Crippen LogP contribution in [0.5, 0.6) is 0 Å². The molecule has 18 heavy (non-hydrogen) atoms. The lowest BCUT2D eigenvalue weighted by molar-refractivity contribution is -0.0593. The number of hydrogen-bond acceptors (Lipinski definition) is 3. The lowest BCUT2D eigenvalue weighted by Crippen LogP contribution is -2.39. The molecule has 2 aromatic rings. The molecule has 0 fully saturated rings. The lowest BCUT2D eigenvalue weighted by atomic mass is 10.2. The normalized spacial score (nSPS) is 20.9. The third-order valence-corrected chi connectivity index (χ3v) is 2.83. The van der Waals surface area contributed by atoms with E-state index in [2.05, 4.69) is 4.99 Å². The van der Waals surface area contributed by atoms with E-state index in [4.69, 9.17) is 4.84 Å². The predicted molar refractivity (Wildman–Crippen MR) is 71.0 cm³/mol. The Morgan fingerprint density at radius 1 is 1.00 bits per heavy atom. The van der Waals surface area contributed by atoms with Crippen molar-refractivity contribution in [3.63, 3.8) is 0 Å². The fourth-order valence-corrected chi connectivity index (χ4v) is 1.88. The first-order valence-corrected chi connectivity index (χ1v) is 5.71. The zero-order valence-electron chi connectivity index (χ0n) is 9.69. The Hall–Kier alpha value is -2.01. The Morgan fingerprint density at radius 3 is 2.56 bits per heavy atom. The van der Waals surface area contributed by atoms with E-state index >= 15 is 0 Å². The van der Waals surface area contributed by atoms with E-state index in [1.54, 1.807) is 12.1 Å². The Balaban J connectivity index is 1.80.